The molecule has 0 aromatic heterocycles. The number of nitrogens with one attached hydrogen (secondary N) is 1. The number of Topliss-reactive ketones (excluding diaryl/α,β-unsaturated/α-hetero) is 1. The van der Waals surface area contributed by atoms with E-state index < -0.39 is 0 Å². The average molecular weight is 259 g/mol. The largest absolute Gasteiger partial charge is 0.496 e. The Morgan fingerprint density at radius 1 is 1.26 bits per heavy atom. The Labute approximate surface area is 114 Å². The third-order valence-electron chi connectivity index (χ3n) is 4.47. The van der Waals surface area contributed by atoms with Crippen molar-refractivity contribution in [2.24, 2.45) is 5.92 Å². The molecule has 0 radical (unpaired) electrons. The predicted molar refractivity (Wildman–Crippen MR) is 74.7 cm³/mol. The van der Waals surface area contributed by atoms with Crippen LogP contribution in [-0.2, 0) is 0 Å². The first-order valence-corrected chi connectivity index (χ1v) is 7.12. The number of rotatable bonds is 3. The Hall–Kier alpha value is -1.35. The van der Waals surface area contributed by atoms with Crippen molar-refractivity contribution in [3.05, 3.63) is 29.3 Å². The molecule has 102 valence electrons. The summed E-state index contributed by atoms with van der Waals surface area (Å²) in [5, 5.41) is 3.58. The summed E-state index contributed by atoms with van der Waals surface area (Å²) in [5.74, 6) is 1.14. The summed E-state index contributed by atoms with van der Waals surface area (Å²) in [7, 11) is 1.64. The fourth-order valence-electron chi connectivity index (χ4n) is 3.49. The highest BCUT2D eigenvalue weighted by atomic mass is 16.5. The van der Waals surface area contributed by atoms with Gasteiger partial charge in [0, 0.05) is 18.0 Å². The van der Waals surface area contributed by atoms with E-state index in [1.54, 1.807) is 7.11 Å². The minimum absolute atomic E-state index is 0.162. The molecule has 1 aromatic rings. The predicted octanol–water partition coefficient (Wildman–Crippen LogP) is 2.72. The quantitative estimate of drug-likeness (QED) is 0.848. The van der Waals surface area contributed by atoms with Crippen molar-refractivity contribution in [3.8, 4) is 5.75 Å². The number of ether oxygens (including phenoxy) is 1. The van der Waals surface area contributed by atoms with Crippen molar-refractivity contribution in [1.29, 1.82) is 0 Å². The maximum absolute atomic E-state index is 12.7. The van der Waals surface area contributed by atoms with Gasteiger partial charge in [0.1, 0.15) is 5.75 Å². The molecule has 2 unspecified atom stereocenters. The van der Waals surface area contributed by atoms with Crippen LogP contribution in [0.2, 0.25) is 0 Å². The molecule has 1 N–H and O–H groups in total. The minimum atomic E-state index is 0.162. The van der Waals surface area contributed by atoms with Crippen molar-refractivity contribution < 1.29 is 9.53 Å². The number of ketones is 1. The Balaban J connectivity index is 1.84. The maximum Gasteiger partial charge on any atom is 0.169 e. The van der Waals surface area contributed by atoms with Crippen LogP contribution in [0.1, 0.15) is 41.6 Å². The molecule has 2 heterocycles. The third kappa shape index (κ3) is 2.39. The first kappa shape index (κ1) is 12.7. The number of fused-ring (bicyclic) bond motifs is 2. The number of aryl methyl sites for hydroxylation is 1. The van der Waals surface area contributed by atoms with Gasteiger partial charge >= 0.3 is 0 Å². The zero-order valence-corrected chi connectivity index (χ0v) is 11.6. The highest BCUT2D eigenvalue weighted by Crippen LogP contribution is 2.34. The number of benzene rings is 1. The standard InChI is InChI=1S/C16H21NO2/c1-10-3-6-14(15(7-10)19-2)16(18)11-8-12-4-5-13(9-11)17-12/h3,6-7,11-13,17H,4-5,8-9H2,1-2H3. The second kappa shape index (κ2) is 4.97. The van der Waals surface area contributed by atoms with E-state index >= 15 is 0 Å². The van der Waals surface area contributed by atoms with Crippen LogP contribution in [0.15, 0.2) is 18.2 Å². The number of carbonyl (C=O) groups excluding carboxylic acids is 1. The van der Waals surface area contributed by atoms with Gasteiger partial charge in [0.05, 0.1) is 12.7 Å². The Kier molecular flexibility index (Phi) is 3.31. The van der Waals surface area contributed by atoms with E-state index in [0.717, 1.165) is 29.7 Å². The number of carbonyl (C=O) groups is 1. The normalized spacial score (nSPS) is 29.3. The van der Waals surface area contributed by atoms with Gasteiger partial charge < -0.3 is 10.1 Å². The summed E-state index contributed by atoms with van der Waals surface area (Å²) in [4.78, 5) is 12.7. The van der Waals surface area contributed by atoms with Gasteiger partial charge in [0.2, 0.25) is 0 Å². The lowest BCUT2D eigenvalue weighted by molar-refractivity contribution is 0.0872. The lowest BCUT2D eigenvalue weighted by atomic mass is 9.85. The van der Waals surface area contributed by atoms with Crippen molar-refractivity contribution in [1.82, 2.24) is 5.32 Å². The monoisotopic (exact) mass is 259 g/mol. The molecule has 2 fully saturated rings. The highest BCUT2D eigenvalue weighted by molar-refractivity contribution is 6.00. The van der Waals surface area contributed by atoms with E-state index in [9.17, 15) is 4.79 Å². The molecule has 2 saturated heterocycles. The number of piperidine rings is 1. The van der Waals surface area contributed by atoms with Crippen LogP contribution in [0.25, 0.3) is 0 Å². The molecule has 0 saturated carbocycles. The molecule has 0 aliphatic carbocycles. The van der Waals surface area contributed by atoms with E-state index in [4.69, 9.17) is 4.74 Å². The van der Waals surface area contributed by atoms with Gasteiger partial charge in [-0.05, 0) is 50.3 Å². The van der Waals surface area contributed by atoms with E-state index in [-0.39, 0.29) is 11.7 Å². The zero-order chi connectivity index (χ0) is 13.4. The van der Waals surface area contributed by atoms with Crippen LogP contribution >= 0.6 is 0 Å². The maximum atomic E-state index is 12.7. The molecule has 1 aromatic carbocycles. The van der Waals surface area contributed by atoms with Crippen LogP contribution in [0.5, 0.6) is 5.75 Å². The summed E-state index contributed by atoms with van der Waals surface area (Å²) in [6.07, 6.45) is 4.40. The molecule has 0 amide bonds. The first-order chi connectivity index (χ1) is 9.17. The Bertz CT molecular complexity index is 486. The smallest absolute Gasteiger partial charge is 0.169 e. The molecule has 0 spiro atoms. The summed E-state index contributed by atoms with van der Waals surface area (Å²) >= 11 is 0. The lowest BCUT2D eigenvalue weighted by Gasteiger charge is -2.28. The Morgan fingerprint density at radius 2 is 1.95 bits per heavy atom. The van der Waals surface area contributed by atoms with Crippen LogP contribution < -0.4 is 10.1 Å². The molecule has 2 aliphatic heterocycles. The van der Waals surface area contributed by atoms with Crippen molar-refractivity contribution >= 4 is 5.78 Å². The van der Waals surface area contributed by atoms with Gasteiger partial charge in [-0.15, -0.1) is 0 Å². The van der Waals surface area contributed by atoms with Crippen LogP contribution in [0.4, 0.5) is 0 Å². The van der Waals surface area contributed by atoms with Gasteiger partial charge in [-0.2, -0.15) is 0 Å². The van der Waals surface area contributed by atoms with Gasteiger partial charge in [-0.25, -0.2) is 0 Å². The summed E-state index contributed by atoms with van der Waals surface area (Å²) in [6.45, 7) is 2.02. The van der Waals surface area contributed by atoms with Crippen LogP contribution in [0, 0.1) is 12.8 Å². The van der Waals surface area contributed by atoms with Crippen LogP contribution in [-0.4, -0.2) is 25.0 Å². The summed E-state index contributed by atoms with van der Waals surface area (Å²) in [5.41, 5.74) is 1.87. The van der Waals surface area contributed by atoms with Gasteiger partial charge in [-0.3, -0.25) is 4.79 Å². The third-order valence-corrected chi connectivity index (χ3v) is 4.47. The molecule has 3 nitrogen and oxygen atoms in total. The number of methoxy groups -OCH3 is 1. The van der Waals surface area contributed by atoms with Crippen molar-refractivity contribution in [2.75, 3.05) is 7.11 Å². The fraction of sp³-hybridized carbons (Fsp3) is 0.562. The fourth-order valence-corrected chi connectivity index (χ4v) is 3.49. The van der Waals surface area contributed by atoms with E-state index in [1.807, 2.05) is 25.1 Å². The SMILES string of the molecule is COc1cc(C)ccc1C(=O)C1CC2CCC(C1)N2. The average Bonchev–Trinajstić information content (AvgIpc) is 2.76. The number of hydrogen-bond acceptors (Lipinski definition) is 3. The van der Waals surface area contributed by atoms with Gasteiger partial charge in [0.25, 0.3) is 0 Å². The van der Waals surface area contributed by atoms with Crippen LogP contribution in [0.3, 0.4) is 0 Å². The molecule has 2 aliphatic rings. The lowest BCUT2D eigenvalue weighted by Crippen LogP contribution is -2.40. The van der Waals surface area contributed by atoms with E-state index in [0.29, 0.717) is 12.1 Å². The second-order valence-electron chi connectivity index (χ2n) is 5.87. The molecular weight excluding hydrogens is 238 g/mol. The summed E-state index contributed by atoms with van der Waals surface area (Å²) in [6, 6.07) is 6.95. The van der Waals surface area contributed by atoms with E-state index in [2.05, 4.69) is 5.32 Å². The number of hydrogen-bond donors (Lipinski definition) is 1. The highest BCUT2D eigenvalue weighted by Gasteiger charge is 2.37. The van der Waals surface area contributed by atoms with E-state index in [1.165, 1.54) is 12.8 Å². The molecule has 3 rings (SSSR count). The Morgan fingerprint density at radius 3 is 2.58 bits per heavy atom. The van der Waals surface area contributed by atoms with Crippen molar-refractivity contribution in [3.63, 3.8) is 0 Å². The van der Waals surface area contributed by atoms with Crippen molar-refractivity contribution in [2.45, 2.75) is 44.7 Å². The molecule has 2 bridgehead atoms. The zero-order valence-electron chi connectivity index (χ0n) is 11.6. The summed E-state index contributed by atoms with van der Waals surface area (Å²) < 4.78 is 5.37. The van der Waals surface area contributed by atoms with Gasteiger partial charge in [-0.1, -0.05) is 6.07 Å². The van der Waals surface area contributed by atoms with Gasteiger partial charge in [0.15, 0.2) is 5.78 Å². The first-order valence-electron chi connectivity index (χ1n) is 7.12. The topological polar surface area (TPSA) is 38.3 Å². The molecule has 2 atom stereocenters. The second-order valence-corrected chi connectivity index (χ2v) is 5.87. The molecular formula is C16H21NO2. The molecule has 3 heteroatoms. The minimum Gasteiger partial charge on any atom is -0.496 e. The molecule has 19 heavy (non-hydrogen) atoms.